The second-order valence-corrected chi connectivity index (χ2v) is 7.71. The molecule has 0 bridgehead atoms. The molecule has 1 N–H and O–H groups in total. The van der Waals surface area contributed by atoms with Crippen molar-refractivity contribution in [2.24, 2.45) is 0 Å². The number of rotatable bonds is 8. The highest BCUT2D eigenvalue weighted by atomic mass is 35.5. The summed E-state index contributed by atoms with van der Waals surface area (Å²) in [4.78, 5) is 27.7. The minimum atomic E-state index is -0.531. The molecular formula is C23H29ClN2O2. The maximum Gasteiger partial charge on any atom is 0.243 e. The normalized spacial score (nSPS) is 11.9. The SMILES string of the molecule is CCC(C(=O)NC(C)C)N(Cc1ccccc1C)C(=O)Cc1ccccc1Cl. The highest BCUT2D eigenvalue weighted by molar-refractivity contribution is 6.31. The van der Waals surface area contributed by atoms with Crippen LogP contribution in [0.5, 0.6) is 0 Å². The molecule has 0 radical (unpaired) electrons. The third-order valence-corrected chi connectivity index (χ3v) is 5.09. The van der Waals surface area contributed by atoms with Gasteiger partial charge in [-0.3, -0.25) is 9.59 Å². The van der Waals surface area contributed by atoms with Gasteiger partial charge in [0.05, 0.1) is 6.42 Å². The van der Waals surface area contributed by atoms with E-state index < -0.39 is 6.04 Å². The standard InChI is InChI=1S/C23H29ClN2O2/c1-5-21(23(28)25-16(2)3)26(15-19-12-7-6-10-17(19)4)22(27)14-18-11-8-9-13-20(18)24/h6-13,16,21H,5,14-15H2,1-4H3,(H,25,28). The van der Waals surface area contributed by atoms with Crippen LogP contribution in [0, 0.1) is 6.92 Å². The molecule has 0 spiro atoms. The molecule has 1 unspecified atom stereocenters. The molecule has 0 saturated carbocycles. The van der Waals surface area contributed by atoms with E-state index in [0.29, 0.717) is 18.0 Å². The molecular weight excluding hydrogens is 372 g/mol. The molecule has 150 valence electrons. The van der Waals surface area contributed by atoms with E-state index in [4.69, 9.17) is 11.6 Å². The fourth-order valence-corrected chi connectivity index (χ4v) is 3.38. The molecule has 2 amide bonds. The van der Waals surface area contributed by atoms with Crippen LogP contribution in [0.15, 0.2) is 48.5 Å². The smallest absolute Gasteiger partial charge is 0.243 e. The predicted molar refractivity (Wildman–Crippen MR) is 114 cm³/mol. The molecule has 0 aliphatic heterocycles. The van der Waals surface area contributed by atoms with Gasteiger partial charge in [-0.15, -0.1) is 0 Å². The zero-order valence-corrected chi connectivity index (χ0v) is 17.8. The number of hydrogen-bond acceptors (Lipinski definition) is 2. The number of benzene rings is 2. The van der Waals surface area contributed by atoms with Gasteiger partial charge in [0.2, 0.25) is 11.8 Å². The molecule has 0 aliphatic rings. The Kier molecular flexibility index (Phi) is 8.06. The van der Waals surface area contributed by atoms with Crippen molar-refractivity contribution in [3.63, 3.8) is 0 Å². The van der Waals surface area contributed by atoms with Crippen molar-refractivity contribution >= 4 is 23.4 Å². The quantitative estimate of drug-likeness (QED) is 0.708. The van der Waals surface area contributed by atoms with Crippen molar-refractivity contribution in [3.05, 3.63) is 70.2 Å². The second kappa shape index (κ2) is 10.3. The van der Waals surface area contributed by atoms with Gasteiger partial charge >= 0.3 is 0 Å². The Morgan fingerprint density at radius 3 is 2.21 bits per heavy atom. The molecule has 1 atom stereocenters. The van der Waals surface area contributed by atoms with Crippen molar-refractivity contribution in [1.29, 1.82) is 0 Å². The number of carbonyl (C=O) groups excluding carboxylic acids is 2. The summed E-state index contributed by atoms with van der Waals surface area (Å²) in [6.07, 6.45) is 0.704. The van der Waals surface area contributed by atoms with Gasteiger partial charge in [-0.25, -0.2) is 0 Å². The first-order valence-electron chi connectivity index (χ1n) is 9.71. The summed E-state index contributed by atoms with van der Waals surface area (Å²) < 4.78 is 0. The molecule has 5 heteroatoms. The number of aryl methyl sites for hydroxylation is 1. The van der Waals surface area contributed by atoms with Crippen LogP contribution in [0.25, 0.3) is 0 Å². The van der Waals surface area contributed by atoms with Gasteiger partial charge < -0.3 is 10.2 Å². The van der Waals surface area contributed by atoms with Crippen LogP contribution in [-0.2, 0) is 22.6 Å². The molecule has 0 fully saturated rings. The fourth-order valence-electron chi connectivity index (χ4n) is 3.18. The van der Waals surface area contributed by atoms with Gasteiger partial charge in [0.15, 0.2) is 0 Å². The second-order valence-electron chi connectivity index (χ2n) is 7.30. The lowest BCUT2D eigenvalue weighted by atomic mass is 10.0. The van der Waals surface area contributed by atoms with Crippen LogP contribution in [0.2, 0.25) is 5.02 Å². The highest BCUT2D eigenvalue weighted by Crippen LogP contribution is 2.20. The van der Waals surface area contributed by atoms with Crippen LogP contribution >= 0.6 is 11.6 Å². The number of hydrogen-bond donors (Lipinski definition) is 1. The predicted octanol–water partition coefficient (Wildman–Crippen LogP) is 4.52. The van der Waals surface area contributed by atoms with Gasteiger partial charge in [-0.05, 0) is 49.9 Å². The van der Waals surface area contributed by atoms with E-state index in [1.807, 2.05) is 70.2 Å². The summed E-state index contributed by atoms with van der Waals surface area (Å²) >= 11 is 6.25. The van der Waals surface area contributed by atoms with E-state index >= 15 is 0 Å². The van der Waals surface area contributed by atoms with Crippen LogP contribution in [0.4, 0.5) is 0 Å². The number of amides is 2. The largest absolute Gasteiger partial charge is 0.352 e. The first-order valence-corrected chi connectivity index (χ1v) is 10.1. The number of nitrogens with zero attached hydrogens (tertiary/aromatic N) is 1. The van der Waals surface area contributed by atoms with Crippen molar-refractivity contribution in [1.82, 2.24) is 10.2 Å². The van der Waals surface area contributed by atoms with Crippen molar-refractivity contribution in [2.75, 3.05) is 0 Å². The summed E-state index contributed by atoms with van der Waals surface area (Å²) in [5, 5.41) is 3.51. The Balaban J connectivity index is 2.33. The Morgan fingerprint density at radius 2 is 1.64 bits per heavy atom. The summed E-state index contributed by atoms with van der Waals surface area (Å²) in [6.45, 7) is 8.17. The number of halogens is 1. The first kappa shape index (κ1) is 22.0. The molecule has 0 heterocycles. The van der Waals surface area contributed by atoms with E-state index in [2.05, 4.69) is 5.32 Å². The van der Waals surface area contributed by atoms with Crippen LogP contribution in [0.3, 0.4) is 0 Å². The van der Waals surface area contributed by atoms with Gasteiger partial charge in [-0.1, -0.05) is 61.0 Å². The third-order valence-electron chi connectivity index (χ3n) is 4.72. The minimum Gasteiger partial charge on any atom is -0.352 e. The Bertz CT molecular complexity index is 820. The molecule has 2 aromatic carbocycles. The Morgan fingerprint density at radius 1 is 1.04 bits per heavy atom. The molecule has 2 aromatic rings. The lowest BCUT2D eigenvalue weighted by Gasteiger charge is -2.32. The summed E-state index contributed by atoms with van der Waals surface area (Å²) in [5.74, 6) is -0.235. The minimum absolute atomic E-state index is 0.0144. The summed E-state index contributed by atoms with van der Waals surface area (Å²) in [6, 6.07) is 14.7. The van der Waals surface area contributed by atoms with E-state index in [1.54, 1.807) is 11.0 Å². The first-order chi connectivity index (χ1) is 13.3. The topological polar surface area (TPSA) is 49.4 Å². The van der Waals surface area contributed by atoms with Crippen molar-refractivity contribution in [2.45, 2.75) is 59.2 Å². The van der Waals surface area contributed by atoms with Crippen LogP contribution in [-0.4, -0.2) is 28.8 Å². The lowest BCUT2D eigenvalue weighted by Crippen LogP contribution is -2.50. The van der Waals surface area contributed by atoms with Gasteiger partial charge in [-0.2, -0.15) is 0 Å². The van der Waals surface area contributed by atoms with Crippen LogP contribution in [0.1, 0.15) is 43.9 Å². The van der Waals surface area contributed by atoms with Gasteiger partial charge in [0.1, 0.15) is 6.04 Å². The maximum absolute atomic E-state index is 13.3. The zero-order chi connectivity index (χ0) is 20.7. The van der Waals surface area contributed by atoms with Crippen LogP contribution < -0.4 is 5.32 Å². The summed E-state index contributed by atoms with van der Waals surface area (Å²) in [5.41, 5.74) is 2.89. The Hall–Kier alpha value is -2.33. The average Bonchev–Trinajstić information content (AvgIpc) is 2.64. The molecule has 0 aliphatic carbocycles. The monoisotopic (exact) mass is 400 g/mol. The van der Waals surface area contributed by atoms with E-state index in [-0.39, 0.29) is 24.3 Å². The Labute approximate surface area is 172 Å². The number of carbonyl (C=O) groups is 2. The molecule has 4 nitrogen and oxygen atoms in total. The number of nitrogens with one attached hydrogen (secondary N) is 1. The highest BCUT2D eigenvalue weighted by Gasteiger charge is 2.29. The maximum atomic E-state index is 13.3. The fraction of sp³-hybridized carbons (Fsp3) is 0.391. The lowest BCUT2D eigenvalue weighted by molar-refractivity contribution is -0.141. The van der Waals surface area contributed by atoms with E-state index in [9.17, 15) is 9.59 Å². The van der Waals surface area contributed by atoms with E-state index in [0.717, 1.165) is 16.7 Å². The molecule has 0 aromatic heterocycles. The molecule has 0 saturated heterocycles. The third kappa shape index (κ3) is 5.83. The van der Waals surface area contributed by atoms with Gasteiger partial charge in [0, 0.05) is 17.6 Å². The molecule has 2 rings (SSSR count). The van der Waals surface area contributed by atoms with Gasteiger partial charge in [0.25, 0.3) is 0 Å². The summed E-state index contributed by atoms with van der Waals surface area (Å²) in [7, 11) is 0. The molecule has 28 heavy (non-hydrogen) atoms. The van der Waals surface area contributed by atoms with Crippen molar-refractivity contribution < 1.29 is 9.59 Å². The van der Waals surface area contributed by atoms with Crippen molar-refractivity contribution in [3.8, 4) is 0 Å². The average molecular weight is 401 g/mol. The van der Waals surface area contributed by atoms with E-state index in [1.165, 1.54) is 0 Å². The zero-order valence-electron chi connectivity index (χ0n) is 17.0.